The first-order valence-electron chi connectivity index (χ1n) is 4.31. The smallest absolute Gasteiger partial charge is 0.179 e. The van der Waals surface area contributed by atoms with E-state index in [-0.39, 0.29) is 11.6 Å². The zero-order chi connectivity index (χ0) is 10.6. The zero-order valence-corrected chi connectivity index (χ0v) is 7.74. The molecule has 0 saturated carbocycles. The van der Waals surface area contributed by atoms with Gasteiger partial charge >= 0.3 is 0 Å². The van der Waals surface area contributed by atoms with Crippen LogP contribution >= 0.6 is 0 Å². The van der Waals surface area contributed by atoms with Gasteiger partial charge in [0.15, 0.2) is 5.78 Å². The summed E-state index contributed by atoms with van der Waals surface area (Å²) in [5, 5.41) is 0. The predicted molar refractivity (Wildman–Crippen MR) is 53.5 cm³/mol. The van der Waals surface area contributed by atoms with Crippen LogP contribution in [-0.2, 0) is 0 Å². The molecule has 0 fully saturated rings. The van der Waals surface area contributed by atoms with Crippen molar-refractivity contribution < 1.29 is 9.18 Å². The summed E-state index contributed by atoms with van der Waals surface area (Å²) >= 11 is 0. The summed E-state index contributed by atoms with van der Waals surface area (Å²) in [6.07, 6.45) is 2.02. The first-order chi connectivity index (χ1) is 6.65. The molecule has 0 bridgehead atoms. The molecule has 0 aromatic heterocycles. The van der Waals surface area contributed by atoms with Crippen LogP contribution in [0.5, 0.6) is 0 Å². The predicted octanol–water partition coefficient (Wildman–Crippen LogP) is 1.91. The molecule has 0 spiro atoms. The van der Waals surface area contributed by atoms with Gasteiger partial charge in [-0.2, -0.15) is 0 Å². The highest BCUT2D eigenvalue weighted by molar-refractivity contribution is 5.99. The zero-order valence-electron chi connectivity index (χ0n) is 7.74. The van der Waals surface area contributed by atoms with Crippen LogP contribution in [-0.4, -0.2) is 11.8 Å². The maximum absolute atomic E-state index is 12.5. The van der Waals surface area contributed by atoms with Gasteiger partial charge in [-0.15, -0.1) is 6.58 Å². The van der Waals surface area contributed by atoms with E-state index in [4.69, 9.17) is 5.73 Å². The number of ketones is 1. The lowest BCUT2D eigenvalue weighted by Crippen LogP contribution is -2.29. The highest BCUT2D eigenvalue weighted by atomic mass is 19.1. The Balaban J connectivity index is 2.78. The Kier molecular flexibility index (Phi) is 3.54. The monoisotopic (exact) mass is 193 g/mol. The fourth-order valence-corrected chi connectivity index (χ4v) is 1.11. The van der Waals surface area contributed by atoms with Gasteiger partial charge in [-0.25, -0.2) is 4.39 Å². The second kappa shape index (κ2) is 4.67. The quantitative estimate of drug-likeness (QED) is 0.586. The fourth-order valence-electron chi connectivity index (χ4n) is 1.11. The van der Waals surface area contributed by atoms with Crippen LogP contribution in [0.4, 0.5) is 4.39 Å². The molecule has 1 unspecified atom stereocenters. The number of hydrogen-bond acceptors (Lipinski definition) is 2. The van der Waals surface area contributed by atoms with Crippen LogP contribution in [0.1, 0.15) is 16.8 Å². The molecular formula is C11H12FNO. The first kappa shape index (κ1) is 10.6. The minimum Gasteiger partial charge on any atom is -0.321 e. The van der Waals surface area contributed by atoms with E-state index in [1.54, 1.807) is 6.08 Å². The van der Waals surface area contributed by atoms with Crippen molar-refractivity contribution in [3.8, 4) is 0 Å². The van der Waals surface area contributed by atoms with Gasteiger partial charge in [-0.3, -0.25) is 4.79 Å². The Morgan fingerprint density at radius 1 is 1.50 bits per heavy atom. The topological polar surface area (TPSA) is 43.1 Å². The highest BCUT2D eigenvalue weighted by Gasteiger charge is 2.13. The Morgan fingerprint density at radius 2 is 2.07 bits per heavy atom. The van der Waals surface area contributed by atoms with Gasteiger partial charge in [0.2, 0.25) is 0 Å². The maximum Gasteiger partial charge on any atom is 0.179 e. The SMILES string of the molecule is C=CCC(N)C(=O)c1ccc(F)cc1. The standard InChI is InChI=1S/C11H12FNO/c1-2-3-10(13)11(14)8-4-6-9(12)7-5-8/h2,4-7,10H,1,3,13H2. The molecule has 1 atom stereocenters. The summed E-state index contributed by atoms with van der Waals surface area (Å²) in [6, 6.07) is 4.76. The van der Waals surface area contributed by atoms with Gasteiger partial charge in [0.05, 0.1) is 6.04 Å². The van der Waals surface area contributed by atoms with Gasteiger partial charge in [-0.1, -0.05) is 6.08 Å². The second-order valence-electron chi connectivity index (χ2n) is 3.00. The fraction of sp³-hybridized carbons (Fsp3) is 0.182. The number of nitrogens with two attached hydrogens (primary N) is 1. The van der Waals surface area contributed by atoms with Gasteiger partial charge < -0.3 is 5.73 Å². The second-order valence-corrected chi connectivity index (χ2v) is 3.00. The molecule has 0 radical (unpaired) electrons. The number of carbonyl (C=O) groups is 1. The number of carbonyl (C=O) groups excluding carboxylic acids is 1. The molecule has 3 heteroatoms. The van der Waals surface area contributed by atoms with Crippen LogP contribution in [0.15, 0.2) is 36.9 Å². The van der Waals surface area contributed by atoms with E-state index in [0.29, 0.717) is 12.0 Å². The van der Waals surface area contributed by atoms with E-state index in [1.807, 2.05) is 0 Å². The van der Waals surface area contributed by atoms with Crippen LogP contribution in [0.2, 0.25) is 0 Å². The van der Waals surface area contributed by atoms with Gasteiger partial charge in [0.25, 0.3) is 0 Å². The van der Waals surface area contributed by atoms with Crippen LogP contribution in [0.25, 0.3) is 0 Å². The van der Waals surface area contributed by atoms with Crippen LogP contribution < -0.4 is 5.73 Å². The molecule has 0 saturated heterocycles. The van der Waals surface area contributed by atoms with E-state index in [0.717, 1.165) is 0 Å². The number of Topliss-reactive ketones (excluding diaryl/α,β-unsaturated/α-hetero) is 1. The van der Waals surface area contributed by atoms with Crippen molar-refractivity contribution in [2.75, 3.05) is 0 Å². The minimum atomic E-state index is -0.585. The van der Waals surface area contributed by atoms with E-state index < -0.39 is 6.04 Å². The van der Waals surface area contributed by atoms with Gasteiger partial charge in [0.1, 0.15) is 5.82 Å². The molecule has 1 aromatic carbocycles. The summed E-state index contributed by atoms with van der Waals surface area (Å²) in [5.41, 5.74) is 6.01. The molecule has 14 heavy (non-hydrogen) atoms. The van der Waals surface area contributed by atoms with E-state index in [9.17, 15) is 9.18 Å². The maximum atomic E-state index is 12.5. The number of benzene rings is 1. The molecule has 1 rings (SSSR count). The van der Waals surface area contributed by atoms with Crippen molar-refractivity contribution in [3.63, 3.8) is 0 Å². The average Bonchev–Trinajstić information content (AvgIpc) is 2.18. The summed E-state index contributed by atoms with van der Waals surface area (Å²) in [6.45, 7) is 3.50. The van der Waals surface area contributed by atoms with Crippen molar-refractivity contribution in [3.05, 3.63) is 48.3 Å². The molecule has 0 aliphatic carbocycles. The Labute approximate surface area is 82.2 Å². The highest BCUT2D eigenvalue weighted by Crippen LogP contribution is 2.06. The number of halogens is 1. The normalized spacial score (nSPS) is 12.1. The van der Waals surface area contributed by atoms with Gasteiger partial charge in [-0.05, 0) is 30.7 Å². The minimum absolute atomic E-state index is 0.190. The molecule has 1 aromatic rings. The third kappa shape index (κ3) is 2.50. The third-order valence-electron chi connectivity index (χ3n) is 1.89. The number of hydrogen-bond donors (Lipinski definition) is 1. The van der Waals surface area contributed by atoms with Crippen LogP contribution in [0.3, 0.4) is 0 Å². The molecule has 2 nitrogen and oxygen atoms in total. The molecular weight excluding hydrogens is 181 g/mol. The van der Waals surface area contributed by atoms with Crippen molar-refractivity contribution >= 4 is 5.78 Å². The van der Waals surface area contributed by atoms with E-state index in [2.05, 4.69) is 6.58 Å². The molecule has 0 amide bonds. The molecule has 0 aliphatic heterocycles. The Bertz CT molecular complexity index is 332. The van der Waals surface area contributed by atoms with Crippen LogP contribution in [0, 0.1) is 5.82 Å². The Hall–Kier alpha value is -1.48. The lowest BCUT2D eigenvalue weighted by molar-refractivity contribution is 0.0962. The molecule has 0 aliphatic rings. The largest absolute Gasteiger partial charge is 0.321 e. The lowest BCUT2D eigenvalue weighted by Gasteiger charge is -2.07. The number of rotatable bonds is 4. The van der Waals surface area contributed by atoms with Crippen molar-refractivity contribution in [1.82, 2.24) is 0 Å². The summed E-state index contributed by atoms with van der Waals surface area (Å²) in [5.74, 6) is -0.552. The summed E-state index contributed by atoms with van der Waals surface area (Å²) in [7, 11) is 0. The molecule has 74 valence electrons. The van der Waals surface area contributed by atoms with Gasteiger partial charge in [0, 0.05) is 5.56 Å². The first-order valence-corrected chi connectivity index (χ1v) is 4.31. The Morgan fingerprint density at radius 3 is 2.57 bits per heavy atom. The lowest BCUT2D eigenvalue weighted by atomic mass is 10.0. The molecule has 0 heterocycles. The molecule has 2 N–H and O–H groups in total. The van der Waals surface area contributed by atoms with Crippen molar-refractivity contribution in [2.45, 2.75) is 12.5 Å². The summed E-state index contributed by atoms with van der Waals surface area (Å²) < 4.78 is 12.5. The average molecular weight is 193 g/mol. The third-order valence-corrected chi connectivity index (χ3v) is 1.89. The van der Waals surface area contributed by atoms with Crippen molar-refractivity contribution in [2.24, 2.45) is 5.73 Å². The van der Waals surface area contributed by atoms with Crippen molar-refractivity contribution in [1.29, 1.82) is 0 Å². The summed E-state index contributed by atoms with van der Waals surface area (Å²) in [4.78, 5) is 11.6. The van der Waals surface area contributed by atoms with E-state index >= 15 is 0 Å². The van der Waals surface area contributed by atoms with E-state index in [1.165, 1.54) is 24.3 Å².